The summed E-state index contributed by atoms with van der Waals surface area (Å²) in [7, 11) is -7.07. The van der Waals surface area contributed by atoms with Crippen molar-refractivity contribution >= 4 is 36.3 Å². The smallest absolute Gasteiger partial charge is 0.177 e. The maximum Gasteiger partial charge on any atom is 0.177 e. The van der Waals surface area contributed by atoms with Crippen LogP contribution in [0.5, 0.6) is 0 Å². The second-order valence-corrected chi connectivity index (χ2v) is 11.9. The highest BCUT2D eigenvalue weighted by molar-refractivity contribution is 7.91. The number of hydrogen-bond acceptors (Lipinski definition) is 7. The van der Waals surface area contributed by atoms with Gasteiger partial charge in [-0.15, -0.1) is 0 Å². The number of benzene rings is 2. The van der Waals surface area contributed by atoms with Gasteiger partial charge in [0.15, 0.2) is 19.7 Å². The molecular formula is C22H25N3O4S2. The second kappa shape index (κ2) is 8.22. The van der Waals surface area contributed by atoms with Crippen LogP contribution in [0.15, 0.2) is 64.5 Å². The van der Waals surface area contributed by atoms with Crippen LogP contribution in [0.25, 0.3) is 10.9 Å². The van der Waals surface area contributed by atoms with E-state index in [-0.39, 0.29) is 9.79 Å². The topological polar surface area (TPSA) is 87.7 Å². The lowest BCUT2D eigenvalue weighted by Crippen LogP contribution is -2.46. The van der Waals surface area contributed by atoms with Crippen LogP contribution in [0.2, 0.25) is 0 Å². The molecule has 1 fully saturated rings. The van der Waals surface area contributed by atoms with Gasteiger partial charge in [-0.25, -0.2) is 16.8 Å². The first-order valence-electron chi connectivity index (χ1n) is 9.97. The fraction of sp³-hybridized carbons (Fsp3) is 0.318. The van der Waals surface area contributed by atoms with Crippen molar-refractivity contribution in [2.24, 2.45) is 0 Å². The summed E-state index contributed by atoms with van der Waals surface area (Å²) in [6, 6.07) is 14.5. The Kier molecular flexibility index (Phi) is 5.76. The van der Waals surface area contributed by atoms with Gasteiger partial charge in [-0.1, -0.05) is 24.3 Å². The van der Waals surface area contributed by atoms with Crippen LogP contribution in [0, 0.1) is 0 Å². The molecule has 1 saturated heterocycles. The summed E-state index contributed by atoms with van der Waals surface area (Å²) in [6.07, 6.45) is 3.99. The van der Waals surface area contributed by atoms with Gasteiger partial charge in [0.1, 0.15) is 0 Å². The zero-order valence-corrected chi connectivity index (χ0v) is 19.2. The van der Waals surface area contributed by atoms with Gasteiger partial charge in [0, 0.05) is 56.8 Å². The van der Waals surface area contributed by atoms with Crippen LogP contribution in [-0.2, 0) is 26.2 Å². The SMILES string of the molecule is CS(=O)(=O)c1ccc(N2CCN(Cc3cccc4cccnc34)CC2)c(S(C)(=O)=O)c1. The molecule has 164 valence electrons. The number of hydrogen-bond donors (Lipinski definition) is 0. The summed E-state index contributed by atoms with van der Waals surface area (Å²) in [6.45, 7) is 3.60. The second-order valence-electron chi connectivity index (χ2n) is 7.93. The Morgan fingerprint density at radius 1 is 0.871 bits per heavy atom. The van der Waals surface area contributed by atoms with Crippen LogP contribution in [0.1, 0.15) is 5.56 Å². The van der Waals surface area contributed by atoms with Crippen LogP contribution < -0.4 is 4.90 Å². The van der Waals surface area contributed by atoms with Crippen molar-refractivity contribution < 1.29 is 16.8 Å². The van der Waals surface area contributed by atoms with Gasteiger partial charge >= 0.3 is 0 Å². The molecule has 0 spiro atoms. The number of anilines is 1. The Morgan fingerprint density at radius 2 is 1.58 bits per heavy atom. The molecular weight excluding hydrogens is 434 g/mol. The molecule has 0 atom stereocenters. The lowest BCUT2D eigenvalue weighted by Gasteiger charge is -2.37. The predicted molar refractivity (Wildman–Crippen MR) is 122 cm³/mol. The number of aromatic nitrogens is 1. The third kappa shape index (κ3) is 4.73. The van der Waals surface area contributed by atoms with Crippen molar-refractivity contribution in [3.63, 3.8) is 0 Å². The Balaban J connectivity index is 1.54. The molecule has 0 N–H and O–H groups in total. The standard InChI is InChI=1S/C22H25N3O4S2/c1-30(26,27)19-8-9-20(21(15-19)31(2,28)29)25-13-11-24(12-14-25)16-18-6-3-5-17-7-4-10-23-22(17)18/h3-10,15H,11-14,16H2,1-2H3. The first kappa shape index (κ1) is 21.7. The highest BCUT2D eigenvalue weighted by Crippen LogP contribution is 2.29. The molecule has 9 heteroatoms. The summed E-state index contributed by atoms with van der Waals surface area (Å²) < 4.78 is 48.5. The number of para-hydroxylation sites is 1. The molecule has 0 unspecified atom stereocenters. The molecule has 31 heavy (non-hydrogen) atoms. The maximum atomic E-state index is 12.4. The predicted octanol–water partition coefficient (Wildman–Crippen LogP) is 2.36. The van der Waals surface area contributed by atoms with Crippen LogP contribution >= 0.6 is 0 Å². The first-order valence-corrected chi connectivity index (χ1v) is 13.8. The van der Waals surface area contributed by atoms with Crippen molar-refractivity contribution in [2.75, 3.05) is 43.6 Å². The van der Waals surface area contributed by atoms with Gasteiger partial charge in [0.05, 0.1) is 21.0 Å². The van der Waals surface area contributed by atoms with E-state index < -0.39 is 19.7 Å². The Morgan fingerprint density at radius 3 is 2.26 bits per heavy atom. The third-order valence-electron chi connectivity index (χ3n) is 5.58. The molecule has 0 bridgehead atoms. The van der Waals surface area contributed by atoms with Crippen LogP contribution in [-0.4, -0.2) is 65.4 Å². The molecule has 7 nitrogen and oxygen atoms in total. The summed E-state index contributed by atoms with van der Waals surface area (Å²) in [5.41, 5.74) is 2.73. The van der Waals surface area contributed by atoms with Crippen molar-refractivity contribution in [2.45, 2.75) is 16.3 Å². The van der Waals surface area contributed by atoms with Crippen molar-refractivity contribution in [1.82, 2.24) is 9.88 Å². The van der Waals surface area contributed by atoms with Gasteiger partial charge in [-0.05, 0) is 29.8 Å². The lowest BCUT2D eigenvalue weighted by molar-refractivity contribution is 0.250. The molecule has 1 aliphatic heterocycles. The van der Waals surface area contributed by atoms with Crippen molar-refractivity contribution in [3.05, 3.63) is 60.3 Å². The summed E-state index contributed by atoms with van der Waals surface area (Å²) in [5.74, 6) is 0. The van der Waals surface area contributed by atoms with E-state index in [0.717, 1.165) is 43.0 Å². The molecule has 0 aliphatic carbocycles. The highest BCUT2D eigenvalue weighted by atomic mass is 32.2. The number of piperazine rings is 1. The lowest BCUT2D eigenvalue weighted by atomic mass is 10.1. The number of sulfone groups is 2. The largest absolute Gasteiger partial charge is 0.368 e. The number of nitrogens with zero attached hydrogens (tertiary/aromatic N) is 3. The van der Waals surface area contributed by atoms with E-state index in [4.69, 9.17) is 0 Å². The zero-order chi connectivity index (χ0) is 22.2. The van der Waals surface area contributed by atoms with E-state index in [1.54, 1.807) is 12.3 Å². The number of pyridine rings is 1. The maximum absolute atomic E-state index is 12.4. The molecule has 2 heterocycles. The normalized spacial score (nSPS) is 16.0. The number of fused-ring (bicyclic) bond motifs is 1. The number of rotatable bonds is 5. The minimum absolute atomic E-state index is 0.0127. The highest BCUT2D eigenvalue weighted by Gasteiger charge is 2.24. The van der Waals surface area contributed by atoms with E-state index in [2.05, 4.69) is 28.1 Å². The van der Waals surface area contributed by atoms with E-state index in [0.29, 0.717) is 18.8 Å². The molecule has 0 amide bonds. The summed E-state index contributed by atoms with van der Waals surface area (Å²) >= 11 is 0. The first-order chi connectivity index (χ1) is 14.6. The quantitative estimate of drug-likeness (QED) is 0.579. The minimum atomic E-state index is -3.58. The fourth-order valence-electron chi connectivity index (χ4n) is 3.97. The Labute approximate surface area is 183 Å². The summed E-state index contributed by atoms with van der Waals surface area (Å²) in [5, 5.41) is 1.11. The average molecular weight is 460 g/mol. The molecule has 4 rings (SSSR count). The molecule has 3 aromatic rings. The van der Waals surface area contributed by atoms with Crippen LogP contribution in [0.3, 0.4) is 0 Å². The molecule has 2 aromatic carbocycles. The Hall–Kier alpha value is -2.49. The van der Waals surface area contributed by atoms with E-state index in [1.165, 1.54) is 17.7 Å². The van der Waals surface area contributed by atoms with Gasteiger partial charge in [-0.3, -0.25) is 9.88 Å². The van der Waals surface area contributed by atoms with Gasteiger partial charge < -0.3 is 4.90 Å². The van der Waals surface area contributed by atoms with Crippen molar-refractivity contribution in [3.8, 4) is 0 Å². The Bertz CT molecular complexity index is 1320. The fourth-order valence-corrected chi connectivity index (χ4v) is 5.61. The zero-order valence-electron chi connectivity index (χ0n) is 17.5. The average Bonchev–Trinajstić information content (AvgIpc) is 2.73. The molecule has 0 saturated carbocycles. The van der Waals surface area contributed by atoms with Gasteiger partial charge in [-0.2, -0.15) is 0 Å². The third-order valence-corrected chi connectivity index (χ3v) is 7.82. The van der Waals surface area contributed by atoms with E-state index in [1.807, 2.05) is 17.0 Å². The van der Waals surface area contributed by atoms with Crippen molar-refractivity contribution in [1.29, 1.82) is 0 Å². The molecule has 1 aliphatic rings. The molecule has 0 radical (unpaired) electrons. The van der Waals surface area contributed by atoms with Gasteiger partial charge in [0.25, 0.3) is 0 Å². The van der Waals surface area contributed by atoms with E-state index in [9.17, 15) is 16.8 Å². The minimum Gasteiger partial charge on any atom is -0.368 e. The van der Waals surface area contributed by atoms with E-state index >= 15 is 0 Å². The van der Waals surface area contributed by atoms with Crippen LogP contribution in [0.4, 0.5) is 5.69 Å². The summed E-state index contributed by atoms with van der Waals surface area (Å²) in [4.78, 5) is 8.93. The molecule has 1 aromatic heterocycles. The monoisotopic (exact) mass is 459 g/mol. The van der Waals surface area contributed by atoms with Gasteiger partial charge in [0.2, 0.25) is 0 Å².